The molecule has 0 bridgehead atoms. The lowest BCUT2D eigenvalue weighted by molar-refractivity contribution is -0.123. The molecule has 1 aliphatic rings. The summed E-state index contributed by atoms with van der Waals surface area (Å²) in [5, 5.41) is 6.44. The number of hydrogen-bond acceptors (Lipinski definition) is 3. The molecular weight excluding hydrogens is 314 g/mol. The van der Waals surface area contributed by atoms with Crippen molar-refractivity contribution in [2.75, 3.05) is 26.7 Å². The number of nitrogens with zero attached hydrogens (tertiary/aromatic N) is 2. The first-order valence-electron chi connectivity index (χ1n) is 8.77. The monoisotopic (exact) mass is 343 g/mol. The highest BCUT2D eigenvalue weighted by Gasteiger charge is 2.23. The van der Waals surface area contributed by atoms with Gasteiger partial charge in [-0.2, -0.15) is 0 Å². The number of rotatable bonds is 7. The van der Waals surface area contributed by atoms with Gasteiger partial charge in [-0.1, -0.05) is 30.3 Å². The van der Waals surface area contributed by atoms with Crippen molar-refractivity contribution in [1.82, 2.24) is 15.5 Å². The standard InChI is InChI=1S/C19H29N5O/c1-3-9-22-19(21-2)23-12-15-6-4-7-16(11-15)13-24-10-5-8-17(14-24)18(20)25/h3-4,6-7,11,17H,1,5,8-10,12-14H2,2H3,(H2,20,25)(H2,21,22,23). The molecular formula is C19H29N5O. The van der Waals surface area contributed by atoms with E-state index in [0.29, 0.717) is 13.1 Å². The van der Waals surface area contributed by atoms with Crippen molar-refractivity contribution < 1.29 is 4.79 Å². The topological polar surface area (TPSA) is 82.8 Å². The van der Waals surface area contributed by atoms with Crippen LogP contribution in [0.3, 0.4) is 0 Å². The van der Waals surface area contributed by atoms with Crippen LogP contribution in [0.15, 0.2) is 41.9 Å². The highest BCUT2D eigenvalue weighted by molar-refractivity contribution is 5.79. The van der Waals surface area contributed by atoms with Gasteiger partial charge in [0.15, 0.2) is 5.96 Å². The van der Waals surface area contributed by atoms with Crippen molar-refractivity contribution >= 4 is 11.9 Å². The molecule has 1 amide bonds. The Morgan fingerprint density at radius 1 is 1.44 bits per heavy atom. The molecule has 0 saturated carbocycles. The van der Waals surface area contributed by atoms with Gasteiger partial charge in [0.25, 0.3) is 0 Å². The Hall–Kier alpha value is -2.34. The fraction of sp³-hybridized carbons (Fsp3) is 0.474. The van der Waals surface area contributed by atoms with Gasteiger partial charge in [-0.25, -0.2) is 0 Å². The van der Waals surface area contributed by atoms with E-state index in [-0.39, 0.29) is 11.8 Å². The molecule has 1 fully saturated rings. The highest BCUT2D eigenvalue weighted by Crippen LogP contribution is 2.18. The second-order valence-corrected chi connectivity index (χ2v) is 6.39. The summed E-state index contributed by atoms with van der Waals surface area (Å²) >= 11 is 0. The molecule has 1 aliphatic heterocycles. The van der Waals surface area contributed by atoms with Crippen LogP contribution in [-0.4, -0.2) is 43.4 Å². The number of nitrogens with two attached hydrogens (primary N) is 1. The van der Waals surface area contributed by atoms with Crippen molar-refractivity contribution in [3.8, 4) is 0 Å². The highest BCUT2D eigenvalue weighted by atomic mass is 16.1. The van der Waals surface area contributed by atoms with Crippen LogP contribution in [0, 0.1) is 5.92 Å². The van der Waals surface area contributed by atoms with E-state index in [2.05, 4.69) is 51.4 Å². The van der Waals surface area contributed by atoms with E-state index in [0.717, 1.165) is 38.4 Å². The largest absolute Gasteiger partial charge is 0.369 e. The Morgan fingerprint density at radius 3 is 2.96 bits per heavy atom. The minimum absolute atomic E-state index is 0.0159. The van der Waals surface area contributed by atoms with E-state index >= 15 is 0 Å². The average Bonchev–Trinajstić information content (AvgIpc) is 2.62. The Morgan fingerprint density at radius 2 is 2.24 bits per heavy atom. The van der Waals surface area contributed by atoms with E-state index in [1.807, 2.05) is 0 Å². The van der Waals surface area contributed by atoms with Crippen LogP contribution >= 0.6 is 0 Å². The van der Waals surface area contributed by atoms with Gasteiger partial charge >= 0.3 is 0 Å². The minimum Gasteiger partial charge on any atom is -0.369 e. The fourth-order valence-corrected chi connectivity index (χ4v) is 3.10. The van der Waals surface area contributed by atoms with Crippen molar-refractivity contribution in [3.05, 3.63) is 48.0 Å². The first kappa shape index (κ1) is 19.0. The number of likely N-dealkylation sites (tertiary alicyclic amines) is 1. The zero-order chi connectivity index (χ0) is 18.1. The van der Waals surface area contributed by atoms with Crippen LogP contribution in [0.4, 0.5) is 0 Å². The third-order valence-electron chi connectivity index (χ3n) is 4.40. The number of primary amides is 1. The fourth-order valence-electron chi connectivity index (χ4n) is 3.10. The molecule has 1 atom stereocenters. The van der Waals surface area contributed by atoms with Gasteiger partial charge in [0.1, 0.15) is 0 Å². The predicted octanol–water partition coefficient (Wildman–Crippen LogP) is 1.23. The van der Waals surface area contributed by atoms with Gasteiger partial charge in [0, 0.05) is 33.2 Å². The molecule has 1 saturated heterocycles. The molecule has 136 valence electrons. The van der Waals surface area contributed by atoms with Gasteiger partial charge in [-0.3, -0.25) is 14.7 Å². The molecule has 0 radical (unpaired) electrons. The lowest BCUT2D eigenvalue weighted by Gasteiger charge is -2.31. The second kappa shape index (κ2) is 9.84. The Labute approximate surface area is 150 Å². The SMILES string of the molecule is C=CCNC(=NC)NCc1cccc(CN2CCCC(C(N)=O)C2)c1. The Bertz CT molecular complexity index is 614. The van der Waals surface area contributed by atoms with Gasteiger partial charge in [-0.05, 0) is 30.5 Å². The summed E-state index contributed by atoms with van der Waals surface area (Å²) in [6, 6.07) is 8.49. The van der Waals surface area contributed by atoms with E-state index in [4.69, 9.17) is 5.73 Å². The van der Waals surface area contributed by atoms with Crippen LogP contribution in [-0.2, 0) is 17.9 Å². The number of carbonyl (C=O) groups excluding carboxylic acids is 1. The second-order valence-electron chi connectivity index (χ2n) is 6.39. The Balaban J connectivity index is 1.90. The summed E-state index contributed by atoms with van der Waals surface area (Å²) in [6.45, 7) is 7.70. The molecule has 25 heavy (non-hydrogen) atoms. The molecule has 1 unspecified atom stereocenters. The molecule has 1 heterocycles. The lowest BCUT2D eigenvalue weighted by Crippen LogP contribution is -2.40. The third-order valence-corrected chi connectivity index (χ3v) is 4.40. The predicted molar refractivity (Wildman–Crippen MR) is 102 cm³/mol. The van der Waals surface area contributed by atoms with Crippen molar-refractivity contribution in [2.24, 2.45) is 16.6 Å². The quantitative estimate of drug-likeness (QED) is 0.395. The van der Waals surface area contributed by atoms with Crippen molar-refractivity contribution in [1.29, 1.82) is 0 Å². The summed E-state index contributed by atoms with van der Waals surface area (Å²) in [6.07, 6.45) is 3.73. The van der Waals surface area contributed by atoms with E-state index in [1.54, 1.807) is 13.1 Å². The third kappa shape index (κ3) is 6.23. The molecule has 4 N–H and O–H groups in total. The molecule has 1 aromatic carbocycles. The molecule has 0 aromatic heterocycles. The maximum Gasteiger partial charge on any atom is 0.221 e. The van der Waals surface area contributed by atoms with E-state index in [1.165, 1.54) is 11.1 Å². The summed E-state index contributed by atoms with van der Waals surface area (Å²) in [5.41, 5.74) is 7.91. The zero-order valence-electron chi connectivity index (χ0n) is 15.0. The van der Waals surface area contributed by atoms with Gasteiger partial charge in [-0.15, -0.1) is 6.58 Å². The molecule has 0 aliphatic carbocycles. The first-order valence-corrected chi connectivity index (χ1v) is 8.77. The van der Waals surface area contributed by atoms with E-state index in [9.17, 15) is 4.79 Å². The first-order chi connectivity index (χ1) is 12.1. The van der Waals surface area contributed by atoms with Crippen LogP contribution in [0.1, 0.15) is 24.0 Å². The summed E-state index contributed by atoms with van der Waals surface area (Å²) < 4.78 is 0. The van der Waals surface area contributed by atoms with Crippen LogP contribution < -0.4 is 16.4 Å². The van der Waals surface area contributed by atoms with Crippen LogP contribution in [0.25, 0.3) is 0 Å². The number of aliphatic imine (C=N–C) groups is 1. The van der Waals surface area contributed by atoms with Crippen LogP contribution in [0.5, 0.6) is 0 Å². The number of benzene rings is 1. The van der Waals surface area contributed by atoms with Crippen molar-refractivity contribution in [2.45, 2.75) is 25.9 Å². The molecule has 6 nitrogen and oxygen atoms in total. The zero-order valence-corrected chi connectivity index (χ0v) is 15.0. The Kier molecular flexibility index (Phi) is 7.47. The average molecular weight is 343 g/mol. The van der Waals surface area contributed by atoms with Gasteiger partial charge in [0.05, 0.1) is 5.92 Å². The van der Waals surface area contributed by atoms with Crippen molar-refractivity contribution in [3.63, 3.8) is 0 Å². The van der Waals surface area contributed by atoms with Crippen LogP contribution in [0.2, 0.25) is 0 Å². The lowest BCUT2D eigenvalue weighted by atomic mass is 9.97. The van der Waals surface area contributed by atoms with E-state index < -0.39 is 0 Å². The maximum atomic E-state index is 11.4. The number of amides is 1. The smallest absolute Gasteiger partial charge is 0.221 e. The number of guanidine groups is 1. The molecule has 2 rings (SSSR count). The number of carbonyl (C=O) groups is 1. The normalized spacial score (nSPS) is 18.6. The molecule has 1 aromatic rings. The molecule has 6 heteroatoms. The maximum absolute atomic E-state index is 11.4. The molecule has 0 spiro atoms. The summed E-state index contributed by atoms with van der Waals surface area (Å²) in [5.74, 6) is 0.560. The van der Waals surface area contributed by atoms with Gasteiger partial charge < -0.3 is 16.4 Å². The summed E-state index contributed by atoms with van der Waals surface area (Å²) in [7, 11) is 1.75. The van der Waals surface area contributed by atoms with Gasteiger partial charge in [0.2, 0.25) is 5.91 Å². The number of piperidine rings is 1. The number of hydrogen-bond donors (Lipinski definition) is 3. The summed E-state index contributed by atoms with van der Waals surface area (Å²) in [4.78, 5) is 17.9. The minimum atomic E-state index is -0.180. The number of nitrogens with one attached hydrogen (secondary N) is 2.